The van der Waals surface area contributed by atoms with Crippen molar-refractivity contribution in [1.29, 1.82) is 0 Å². The highest BCUT2D eigenvalue weighted by atomic mass is 16.5. The summed E-state index contributed by atoms with van der Waals surface area (Å²) in [7, 11) is 1.61. The fourth-order valence-corrected chi connectivity index (χ4v) is 3.46. The minimum absolute atomic E-state index is 0.0439. The molecule has 2 aromatic rings. The number of phenols is 1. The number of aromatic hydroxyl groups is 1. The van der Waals surface area contributed by atoms with Crippen LogP contribution < -0.4 is 9.64 Å². The van der Waals surface area contributed by atoms with Crippen LogP contribution in [-0.2, 0) is 24.1 Å². The molecule has 26 heavy (non-hydrogen) atoms. The van der Waals surface area contributed by atoms with Gasteiger partial charge in [-0.05, 0) is 55.2 Å². The van der Waals surface area contributed by atoms with E-state index in [1.807, 2.05) is 30.3 Å². The molecule has 4 nitrogen and oxygen atoms in total. The van der Waals surface area contributed by atoms with Crippen molar-refractivity contribution in [1.82, 2.24) is 0 Å². The maximum absolute atomic E-state index is 12.7. The molecule has 1 aliphatic rings. The number of carbonyl (C=O) groups is 1. The number of hydrogen-bond donors (Lipinski definition) is 1. The summed E-state index contributed by atoms with van der Waals surface area (Å²) in [4.78, 5) is 14.5. The van der Waals surface area contributed by atoms with Gasteiger partial charge in [0.15, 0.2) is 0 Å². The van der Waals surface area contributed by atoms with Gasteiger partial charge in [-0.1, -0.05) is 12.2 Å². The standard InChI is InChI=1S/C22H23NO3/c1-4-6-15-14-20-18(19(7-5-2)22(15)25)12-13-21(24)23(20)16-8-10-17(26-3)11-9-16/h4-5,8-11,14,25H,1-2,6-7,12-13H2,3H3. The van der Waals surface area contributed by atoms with Gasteiger partial charge in [-0.3, -0.25) is 9.69 Å². The molecule has 134 valence electrons. The van der Waals surface area contributed by atoms with Gasteiger partial charge in [0.25, 0.3) is 0 Å². The number of amides is 1. The first-order chi connectivity index (χ1) is 12.6. The normalized spacial score (nSPS) is 13.3. The number of allylic oxidation sites excluding steroid dienone is 2. The van der Waals surface area contributed by atoms with Crippen LogP contribution in [0.2, 0.25) is 0 Å². The highest BCUT2D eigenvalue weighted by Gasteiger charge is 2.29. The number of ether oxygens (including phenoxy) is 1. The van der Waals surface area contributed by atoms with E-state index in [1.165, 1.54) is 0 Å². The van der Waals surface area contributed by atoms with Crippen molar-refractivity contribution in [3.05, 3.63) is 72.3 Å². The van der Waals surface area contributed by atoms with E-state index in [1.54, 1.807) is 24.2 Å². The molecule has 0 atom stereocenters. The summed E-state index contributed by atoms with van der Waals surface area (Å²) in [6.45, 7) is 7.58. The number of rotatable bonds is 6. The maximum Gasteiger partial charge on any atom is 0.231 e. The van der Waals surface area contributed by atoms with Gasteiger partial charge >= 0.3 is 0 Å². The predicted octanol–water partition coefficient (Wildman–Crippen LogP) is 4.47. The van der Waals surface area contributed by atoms with Crippen LogP contribution in [0, 0.1) is 0 Å². The van der Waals surface area contributed by atoms with Crippen molar-refractivity contribution < 1.29 is 14.6 Å². The number of fused-ring (bicyclic) bond motifs is 1. The zero-order chi connectivity index (χ0) is 18.7. The average molecular weight is 349 g/mol. The smallest absolute Gasteiger partial charge is 0.231 e. The number of phenolic OH excluding ortho intramolecular Hbond substituents is 1. The second-order valence-electron chi connectivity index (χ2n) is 6.27. The summed E-state index contributed by atoms with van der Waals surface area (Å²) in [5.74, 6) is 1.07. The van der Waals surface area contributed by atoms with E-state index in [4.69, 9.17) is 4.74 Å². The number of benzene rings is 2. The Labute approximate surface area is 154 Å². The van der Waals surface area contributed by atoms with Gasteiger partial charge in [0.2, 0.25) is 5.91 Å². The van der Waals surface area contributed by atoms with E-state index in [0.29, 0.717) is 25.7 Å². The molecule has 0 unspecified atom stereocenters. The van der Waals surface area contributed by atoms with Crippen LogP contribution in [0.4, 0.5) is 11.4 Å². The van der Waals surface area contributed by atoms with Gasteiger partial charge in [-0.2, -0.15) is 0 Å². The Kier molecular flexibility index (Phi) is 5.12. The monoisotopic (exact) mass is 349 g/mol. The minimum Gasteiger partial charge on any atom is -0.507 e. The van der Waals surface area contributed by atoms with Gasteiger partial charge in [0.05, 0.1) is 12.8 Å². The Bertz CT molecular complexity index is 853. The fraction of sp³-hybridized carbons (Fsp3) is 0.227. The number of carbonyl (C=O) groups excluding carboxylic acids is 1. The summed E-state index contributed by atoms with van der Waals surface area (Å²) in [6.07, 6.45) is 5.65. The number of hydrogen-bond acceptors (Lipinski definition) is 3. The molecule has 3 rings (SSSR count). The highest BCUT2D eigenvalue weighted by molar-refractivity contribution is 6.03. The third-order valence-corrected chi connectivity index (χ3v) is 4.70. The van der Waals surface area contributed by atoms with Gasteiger partial charge < -0.3 is 9.84 Å². The van der Waals surface area contributed by atoms with Crippen LogP contribution in [0.1, 0.15) is 23.1 Å². The molecule has 1 heterocycles. The van der Waals surface area contributed by atoms with E-state index < -0.39 is 0 Å². The molecule has 0 bridgehead atoms. The topological polar surface area (TPSA) is 49.8 Å². The molecule has 0 aromatic heterocycles. The molecule has 1 N–H and O–H groups in total. The quantitative estimate of drug-likeness (QED) is 0.783. The minimum atomic E-state index is 0.0439. The summed E-state index contributed by atoms with van der Waals surface area (Å²) < 4.78 is 5.21. The van der Waals surface area contributed by atoms with E-state index >= 15 is 0 Å². The first kappa shape index (κ1) is 17.8. The zero-order valence-electron chi connectivity index (χ0n) is 15.0. The Hall–Kier alpha value is -3.01. The van der Waals surface area contributed by atoms with Gasteiger partial charge in [-0.15, -0.1) is 13.2 Å². The van der Waals surface area contributed by atoms with E-state index in [9.17, 15) is 9.90 Å². The lowest BCUT2D eigenvalue weighted by Gasteiger charge is -2.32. The summed E-state index contributed by atoms with van der Waals surface area (Å²) in [6, 6.07) is 9.33. The first-order valence-corrected chi connectivity index (χ1v) is 8.66. The van der Waals surface area contributed by atoms with Crippen LogP contribution in [0.3, 0.4) is 0 Å². The van der Waals surface area contributed by atoms with Crippen molar-refractivity contribution >= 4 is 17.3 Å². The Balaban J connectivity index is 2.19. The summed E-state index contributed by atoms with van der Waals surface area (Å²) >= 11 is 0. The molecule has 0 fully saturated rings. The molecule has 0 spiro atoms. The van der Waals surface area contributed by atoms with Crippen molar-refractivity contribution in [3.63, 3.8) is 0 Å². The maximum atomic E-state index is 12.7. The second kappa shape index (κ2) is 7.48. The Morgan fingerprint density at radius 2 is 1.85 bits per heavy atom. The van der Waals surface area contributed by atoms with E-state index in [2.05, 4.69) is 13.2 Å². The lowest BCUT2D eigenvalue weighted by molar-refractivity contribution is -0.118. The van der Waals surface area contributed by atoms with Crippen molar-refractivity contribution in [3.8, 4) is 11.5 Å². The molecular weight excluding hydrogens is 326 g/mol. The second-order valence-corrected chi connectivity index (χ2v) is 6.27. The molecule has 0 saturated heterocycles. The van der Waals surface area contributed by atoms with Crippen LogP contribution >= 0.6 is 0 Å². The SMILES string of the molecule is C=CCc1cc2c(c(CC=C)c1O)CCC(=O)N2c1ccc(OC)cc1. The molecular formula is C22H23NO3. The molecule has 1 aliphatic heterocycles. The predicted molar refractivity (Wildman–Crippen MR) is 104 cm³/mol. The molecule has 4 heteroatoms. The largest absolute Gasteiger partial charge is 0.507 e. The Morgan fingerprint density at radius 3 is 2.46 bits per heavy atom. The summed E-state index contributed by atoms with van der Waals surface area (Å²) in [5, 5.41) is 10.7. The van der Waals surface area contributed by atoms with Gasteiger partial charge in [0.1, 0.15) is 11.5 Å². The number of anilines is 2. The molecule has 2 aromatic carbocycles. The zero-order valence-corrected chi connectivity index (χ0v) is 15.0. The Morgan fingerprint density at radius 1 is 1.15 bits per heavy atom. The van der Waals surface area contributed by atoms with Gasteiger partial charge in [-0.25, -0.2) is 0 Å². The van der Waals surface area contributed by atoms with E-state index in [-0.39, 0.29) is 11.7 Å². The van der Waals surface area contributed by atoms with Crippen molar-refractivity contribution in [2.24, 2.45) is 0 Å². The van der Waals surface area contributed by atoms with Crippen molar-refractivity contribution in [2.45, 2.75) is 25.7 Å². The van der Waals surface area contributed by atoms with Crippen LogP contribution in [0.5, 0.6) is 11.5 Å². The summed E-state index contributed by atoms with van der Waals surface area (Å²) in [5.41, 5.74) is 4.24. The third kappa shape index (κ3) is 3.10. The molecule has 1 amide bonds. The van der Waals surface area contributed by atoms with Crippen LogP contribution in [0.25, 0.3) is 0 Å². The van der Waals surface area contributed by atoms with Crippen LogP contribution in [0.15, 0.2) is 55.6 Å². The number of nitrogens with zero attached hydrogens (tertiary/aromatic N) is 1. The lowest BCUT2D eigenvalue weighted by atomic mass is 9.90. The molecule has 0 aliphatic carbocycles. The molecule has 0 saturated carbocycles. The lowest BCUT2D eigenvalue weighted by Crippen LogP contribution is -2.31. The molecule has 0 radical (unpaired) electrons. The highest BCUT2D eigenvalue weighted by Crippen LogP contribution is 2.42. The van der Waals surface area contributed by atoms with E-state index in [0.717, 1.165) is 33.8 Å². The van der Waals surface area contributed by atoms with Crippen LogP contribution in [-0.4, -0.2) is 18.1 Å². The van der Waals surface area contributed by atoms with Gasteiger partial charge in [0, 0.05) is 23.2 Å². The average Bonchev–Trinajstić information content (AvgIpc) is 2.65. The fourth-order valence-electron chi connectivity index (χ4n) is 3.46. The third-order valence-electron chi connectivity index (χ3n) is 4.70. The van der Waals surface area contributed by atoms with Crippen molar-refractivity contribution in [2.75, 3.05) is 12.0 Å². The number of methoxy groups -OCH3 is 1. The first-order valence-electron chi connectivity index (χ1n) is 8.66.